The summed E-state index contributed by atoms with van der Waals surface area (Å²) < 4.78 is 10.3. The second-order valence-electron chi connectivity index (χ2n) is 2.89. The standard InChI is InChI=1S/C6H10ClNO3.ClH/c7-3-4(8)5(9)2-1-10-6(3)11-2;/h2-6,9H,1,8H2;1H/t2-,3+,4+,5-,6-;/m1./s1. The first-order valence-corrected chi connectivity index (χ1v) is 3.98. The van der Waals surface area contributed by atoms with Crippen molar-refractivity contribution in [1.29, 1.82) is 0 Å². The second kappa shape index (κ2) is 3.65. The van der Waals surface area contributed by atoms with Crippen LogP contribution in [0.5, 0.6) is 0 Å². The Hall–Kier alpha value is 0.420. The third kappa shape index (κ3) is 1.43. The predicted molar refractivity (Wildman–Crippen MR) is 45.5 cm³/mol. The van der Waals surface area contributed by atoms with E-state index in [1.54, 1.807) is 0 Å². The van der Waals surface area contributed by atoms with E-state index in [1.165, 1.54) is 0 Å². The summed E-state index contributed by atoms with van der Waals surface area (Å²) in [5, 5.41) is 8.98. The fourth-order valence-electron chi connectivity index (χ4n) is 1.40. The lowest BCUT2D eigenvalue weighted by molar-refractivity contribution is -0.123. The highest BCUT2D eigenvalue weighted by Crippen LogP contribution is 2.29. The molecule has 2 heterocycles. The molecule has 72 valence electrons. The van der Waals surface area contributed by atoms with Crippen LogP contribution in [0.4, 0.5) is 0 Å². The quantitative estimate of drug-likeness (QED) is 0.533. The van der Waals surface area contributed by atoms with Gasteiger partial charge in [-0.2, -0.15) is 0 Å². The summed E-state index contributed by atoms with van der Waals surface area (Å²) >= 11 is 5.82. The maximum Gasteiger partial charge on any atom is 0.176 e. The van der Waals surface area contributed by atoms with Gasteiger partial charge in [-0.15, -0.1) is 24.0 Å². The molecule has 0 aromatic rings. The summed E-state index contributed by atoms with van der Waals surface area (Å²) in [7, 11) is 0. The van der Waals surface area contributed by atoms with Gasteiger partial charge in [0.05, 0.1) is 18.8 Å². The summed E-state index contributed by atoms with van der Waals surface area (Å²) in [6.45, 7) is 0.392. The minimum absolute atomic E-state index is 0. The molecule has 2 rings (SSSR count). The van der Waals surface area contributed by atoms with Gasteiger partial charge in [0.15, 0.2) is 6.29 Å². The fourth-order valence-corrected chi connectivity index (χ4v) is 1.69. The lowest BCUT2D eigenvalue weighted by atomic mass is 10.0. The van der Waals surface area contributed by atoms with Crippen molar-refractivity contribution in [2.24, 2.45) is 5.73 Å². The smallest absolute Gasteiger partial charge is 0.176 e. The average Bonchev–Trinajstić information content (AvgIpc) is 2.44. The molecule has 3 N–H and O–H groups in total. The van der Waals surface area contributed by atoms with E-state index in [4.69, 9.17) is 26.8 Å². The minimum Gasteiger partial charge on any atom is -0.389 e. The van der Waals surface area contributed by atoms with Crippen LogP contribution in [0.3, 0.4) is 0 Å². The molecule has 12 heavy (non-hydrogen) atoms. The first-order valence-electron chi connectivity index (χ1n) is 3.55. The van der Waals surface area contributed by atoms with Crippen molar-refractivity contribution in [3.8, 4) is 0 Å². The van der Waals surface area contributed by atoms with Crippen LogP contribution in [0.1, 0.15) is 0 Å². The zero-order chi connectivity index (χ0) is 8.01. The van der Waals surface area contributed by atoms with Crippen molar-refractivity contribution in [2.45, 2.75) is 29.9 Å². The molecule has 0 radical (unpaired) electrons. The van der Waals surface area contributed by atoms with Crippen LogP contribution in [0.25, 0.3) is 0 Å². The number of ether oxygens (including phenoxy) is 2. The molecular formula is C6H11Cl2NO3. The number of aliphatic hydroxyl groups excluding tert-OH is 1. The van der Waals surface area contributed by atoms with Crippen LogP contribution in [0.2, 0.25) is 0 Å². The van der Waals surface area contributed by atoms with Gasteiger partial charge in [-0.3, -0.25) is 0 Å². The van der Waals surface area contributed by atoms with Crippen LogP contribution >= 0.6 is 24.0 Å². The monoisotopic (exact) mass is 215 g/mol. The molecule has 0 aliphatic carbocycles. The highest BCUT2D eigenvalue weighted by molar-refractivity contribution is 6.21. The molecule has 2 saturated heterocycles. The number of rotatable bonds is 0. The molecule has 2 bridgehead atoms. The Morgan fingerprint density at radius 2 is 2.17 bits per heavy atom. The lowest BCUT2D eigenvalue weighted by Crippen LogP contribution is -2.56. The van der Waals surface area contributed by atoms with E-state index in [0.29, 0.717) is 6.61 Å². The maximum absolute atomic E-state index is 9.42. The Morgan fingerprint density at radius 3 is 2.83 bits per heavy atom. The van der Waals surface area contributed by atoms with E-state index in [2.05, 4.69) is 0 Å². The Labute approximate surface area is 81.4 Å². The first kappa shape index (κ1) is 10.5. The van der Waals surface area contributed by atoms with E-state index >= 15 is 0 Å². The highest BCUT2D eigenvalue weighted by Gasteiger charge is 2.47. The van der Waals surface area contributed by atoms with Gasteiger partial charge in [0.1, 0.15) is 11.5 Å². The van der Waals surface area contributed by atoms with Crippen molar-refractivity contribution >= 4 is 24.0 Å². The van der Waals surface area contributed by atoms with E-state index in [1.807, 2.05) is 0 Å². The molecule has 4 nitrogen and oxygen atoms in total. The zero-order valence-corrected chi connectivity index (χ0v) is 7.79. The number of hydrogen-bond acceptors (Lipinski definition) is 4. The Bertz CT molecular complexity index is 151. The molecule has 0 unspecified atom stereocenters. The molecule has 0 aromatic heterocycles. The molecule has 6 heteroatoms. The lowest BCUT2D eigenvalue weighted by Gasteiger charge is -2.32. The largest absolute Gasteiger partial charge is 0.389 e. The number of halogens is 2. The number of hydrogen-bond donors (Lipinski definition) is 2. The van der Waals surface area contributed by atoms with Crippen molar-refractivity contribution in [3.63, 3.8) is 0 Å². The van der Waals surface area contributed by atoms with E-state index < -0.39 is 23.8 Å². The minimum atomic E-state index is -0.698. The summed E-state index contributed by atoms with van der Waals surface area (Å²) in [4.78, 5) is 0. The third-order valence-electron chi connectivity index (χ3n) is 2.14. The predicted octanol–water partition coefficient (Wildman–Crippen LogP) is -0.541. The van der Waals surface area contributed by atoms with Gasteiger partial charge in [-0.05, 0) is 0 Å². The van der Waals surface area contributed by atoms with E-state index in [9.17, 15) is 5.11 Å². The molecule has 2 aliphatic heterocycles. The normalized spacial score (nSPS) is 51.8. The summed E-state index contributed by atoms with van der Waals surface area (Å²) in [5.74, 6) is 0. The third-order valence-corrected chi connectivity index (χ3v) is 2.63. The number of fused-ring (bicyclic) bond motifs is 2. The summed E-state index contributed by atoms with van der Waals surface area (Å²) in [6.07, 6.45) is -1.42. The van der Waals surface area contributed by atoms with Gasteiger partial charge < -0.3 is 20.3 Å². The van der Waals surface area contributed by atoms with Crippen molar-refractivity contribution in [2.75, 3.05) is 6.61 Å². The molecule has 0 saturated carbocycles. The molecule has 5 atom stereocenters. The van der Waals surface area contributed by atoms with Gasteiger partial charge in [-0.25, -0.2) is 0 Å². The van der Waals surface area contributed by atoms with Gasteiger partial charge in [-0.1, -0.05) is 0 Å². The maximum atomic E-state index is 9.42. The molecule has 0 spiro atoms. The highest BCUT2D eigenvalue weighted by atomic mass is 35.5. The Kier molecular flexibility index (Phi) is 3.20. The zero-order valence-electron chi connectivity index (χ0n) is 6.22. The van der Waals surface area contributed by atoms with Crippen molar-refractivity contribution in [3.05, 3.63) is 0 Å². The van der Waals surface area contributed by atoms with E-state index in [-0.39, 0.29) is 18.5 Å². The van der Waals surface area contributed by atoms with Crippen LogP contribution in [0, 0.1) is 0 Å². The molecule has 0 aromatic carbocycles. The molecular weight excluding hydrogens is 205 g/mol. The van der Waals surface area contributed by atoms with Crippen LogP contribution in [-0.2, 0) is 9.47 Å². The van der Waals surface area contributed by atoms with Crippen LogP contribution in [0.15, 0.2) is 0 Å². The van der Waals surface area contributed by atoms with Crippen molar-refractivity contribution in [1.82, 2.24) is 0 Å². The molecule has 2 aliphatic rings. The van der Waals surface area contributed by atoms with Gasteiger partial charge in [0, 0.05) is 0 Å². The van der Waals surface area contributed by atoms with Gasteiger partial charge >= 0.3 is 0 Å². The van der Waals surface area contributed by atoms with Crippen LogP contribution < -0.4 is 5.73 Å². The number of aliphatic hydroxyl groups is 1. The Morgan fingerprint density at radius 1 is 1.50 bits per heavy atom. The van der Waals surface area contributed by atoms with E-state index in [0.717, 1.165) is 0 Å². The summed E-state index contributed by atoms with van der Waals surface area (Å²) in [6, 6.07) is -0.442. The topological polar surface area (TPSA) is 64.7 Å². The second-order valence-corrected chi connectivity index (χ2v) is 3.39. The van der Waals surface area contributed by atoms with Gasteiger partial charge in [0.25, 0.3) is 0 Å². The number of alkyl halides is 1. The number of nitrogens with two attached hydrogens (primary N) is 1. The van der Waals surface area contributed by atoms with Crippen molar-refractivity contribution < 1.29 is 14.6 Å². The molecule has 2 fully saturated rings. The fraction of sp³-hybridized carbons (Fsp3) is 1.00. The molecule has 0 amide bonds. The Balaban J connectivity index is 0.000000720. The first-order chi connectivity index (χ1) is 5.20. The average molecular weight is 216 g/mol. The summed E-state index contributed by atoms with van der Waals surface area (Å²) in [5.41, 5.74) is 5.60. The van der Waals surface area contributed by atoms with Gasteiger partial charge in [0.2, 0.25) is 0 Å². The SMILES string of the molecule is Cl.N[C@@H]1[C@H](O)[C@H]2CO[C@H](O2)[C@H]1Cl. The van der Waals surface area contributed by atoms with Crippen LogP contribution in [-0.4, -0.2) is 41.6 Å².